The number of nitrogens with one attached hydrogen (secondary N) is 1. The Morgan fingerprint density at radius 3 is 2.10 bits per heavy atom. The number of hydrogen-bond acceptors (Lipinski definition) is 2. The zero-order valence-corrected chi connectivity index (χ0v) is 15.5. The molecule has 2 rings (SSSR count). The van der Waals surface area contributed by atoms with Gasteiger partial charge in [0.05, 0.1) is 26.1 Å². The maximum atomic E-state index is 13.3. The van der Waals surface area contributed by atoms with Gasteiger partial charge in [0.2, 0.25) is 0 Å². The molecule has 0 heterocycles. The first-order valence-corrected chi connectivity index (χ1v) is 8.17. The summed E-state index contributed by atoms with van der Waals surface area (Å²) in [6.45, 7) is 0.527. The SMILES string of the molecule is COc1c(Br)cc(CNc2cc(Cl)c(F)c(Cl)c2)cc1Br. The van der Waals surface area contributed by atoms with Crippen molar-refractivity contribution in [3.63, 3.8) is 0 Å². The minimum atomic E-state index is -0.612. The first-order chi connectivity index (χ1) is 9.92. The molecule has 0 atom stereocenters. The summed E-state index contributed by atoms with van der Waals surface area (Å²) in [5.41, 5.74) is 1.65. The maximum Gasteiger partial charge on any atom is 0.160 e. The van der Waals surface area contributed by atoms with E-state index in [1.807, 2.05) is 12.1 Å². The molecule has 2 aromatic rings. The van der Waals surface area contributed by atoms with Crippen LogP contribution in [0.5, 0.6) is 5.75 Å². The van der Waals surface area contributed by atoms with E-state index in [-0.39, 0.29) is 10.0 Å². The Morgan fingerprint density at radius 1 is 1.10 bits per heavy atom. The molecule has 0 aromatic heterocycles. The summed E-state index contributed by atoms with van der Waals surface area (Å²) in [5.74, 6) is 0.116. The summed E-state index contributed by atoms with van der Waals surface area (Å²) >= 11 is 18.4. The molecule has 112 valence electrons. The fourth-order valence-corrected chi connectivity index (χ4v) is 3.86. The van der Waals surface area contributed by atoms with Crippen molar-refractivity contribution in [3.05, 3.63) is 54.6 Å². The van der Waals surface area contributed by atoms with Gasteiger partial charge in [-0.2, -0.15) is 0 Å². The number of ether oxygens (including phenoxy) is 1. The van der Waals surface area contributed by atoms with Gasteiger partial charge >= 0.3 is 0 Å². The summed E-state index contributed by atoms with van der Waals surface area (Å²) in [5, 5.41) is 3.12. The number of benzene rings is 2. The van der Waals surface area contributed by atoms with E-state index in [0.717, 1.165) is 20.3 Å². The molecule has 0 unspecified atom stereocenters. The van der Waals surface area contributed by atoms with Gasteiger partial charge in [-0.05, 0) is 61.7 Å². The van der Waals surface area contributed by atoms with E-state index in [2.05, 4.69) is 37.2 Å². The van der Waals surface area contributed by atoms with Crippen LogP contribution in [0.25, 0.3) is 0 Å². The van der Waals surface area contributed by atoms with Gasteiger partial charge < -0.3 is 10.1 Å². The number of hydrogen-bond donors (Lipinski definition) is 1. The van der Waals surface area contributed by atoms with Gasteiger partial charge in [-0.15, -0.1) is 0 Å². The Balaban J connectivity index is 2.17. The maximum absolute atomic E-state index is 13.3. The summed E-state index contributed by atoms with van der Waals surface area (Å²) in [7, 11) is 1.60. The van der Waals surface area contributed by atoms with Crippen LogP contribution in [0.2, 0.25) is 10.0 Å². The highest BCUT2D eigenvalue weighted by Gasteiger charge is 2.10. The molecule has 0 saturated heterocycles. The van der Waals surface area contributed by atoms with Gasteiger partial charge in [0.1, 0.15) is 5.75 Å². The number of methoxy groups -OCH3 is 1. The molecule has 0 bridgehead atoms. The Kier molecular flexibility index (Phi) is 5.77. The molecule has 7 heteroatoms. The van der Waals surface area contributed by atoms with Gasteiger partial charge in [-0.25, -0.2) is 4.39 Å². The summed E-state index contributed by atoms with van der Waals surface area (Å²) in [6, 6.07) is 6.86. The molecular weight excluding hydrogens is 448 g/mol. The molecule has 2 aromatic carbocycles. The molecule has 1 N–H and O–H groups in total. The molecule has 0 aliphatic carbocycles. The van der Waals surface area contributed by atoms with Crippen molar-refractivity contribution in [1.29, 1.82) is 0 Å². The average molecular weight is 458 g/mol. The topological polar surface area (TPSA) is 21.3 Å². The summed E-state index contributed by atoms with van der Waals surface area (Å²) < 4.78 is 20.3. The van der Waals surface area contributed by atoms with E-state index in [1.165, 1.54) is 12.1 Å². The second-order valence-electron chi connectivity index (χ2n) is 4.20. The van der Waals surface area contributed by atoms with Crippen LogP contribution in [-0.2, 0) is 6.54 Å². The highest BCUT2D eigenvalue weighted by molar-refractivity contribution is 9.11. The van der Waals surface area contributed by atoms with Gasteiger partial charge in [-0.3, -0.25) is 0 Å². The second kappa shape index (κ2) is 7.18. The van der Waals surface area contributed by atoms with E-state index in [9.17, 15) is 4.39 Å². The van der Waals surface area contributed by atoms with Crippen LogP contribution in [-0.4, -0.2) is 7.11 Å². The molecule has 0 aliphatic heterocycles. The van der Waals surface area contributed by atoms with Crippen molar-refractivity contribution in [3.8, 4) is 5.75 Å². The predicted octanol–water partition coefficient (Wildman–Crippen LogP) is 6.28. The molecule has 0 saturated carbocycles. The van der Waals surface area contributed by atoms with E-state index in [0.29, 0.717) is 12.2 Å². The van der Waals surface area contributed by atoms with Crippen LogP contribution >= 0.6 is 55.1 Å². The van der Waals surface area contributed by atoms with Crippen molar-refractivity contribution in [2.45, 2.75) is 6.54 Å². The summed E-state index contributed by atoms with van der Waals surface area (Å²) in [6.07, 6.45) is 0. The van der Waals surface area contributed by atoms with Gasteiger partial charge in [0, 0.05) is 12.2 Å². The van der Waals surface area contributed by atoms with Gasteiger partial charge in [-0.1, -0.05) is 23.2 Å². The highest BCUT2D eigenvalue weighted by Crippen LogP contribution is 2.35. The highest BCUT2D eigenvalue weighted by atomic mass is 79.9. The zero-order valence-electron chi connectivity index (χ0n) is 10.8. The first-order valence-electron chi connectivity index (χ1n) is 5.82. The standard InChI is InChI=1S/C14H10Br2Cl2FNO/c1-21-14-9(15)2-7(3-10(14)16)6-20-8-4-11(17)13(19)12(18)5-8/h2-5,20H,6H2,1H3. The van der Waals surface area contributed by atoms with Crippen LogP contribution in [0.1, 0.15) is 5.56 Å². The van der Waals surface area contributed by atoms with Crippen molar-refractivity contribution >= 4 is 60.7 Å². The third-order valence-electron chi connectivity index (χ3n) is 2.74. The fraction of sp³-hybridized carbons (Fsp3) is 0.143. The Morgan fingerprint density at radius 2 is 1.62 bits per heavy atom. The molecule has 0 spiro atoms. The molecule has 0 radical (unpaired) electrons. The lowest BCUT2D eigenvalue weighted by atomic mass is 10.2. The van der Waals surface area contributed by atoms with Crippen LogP contribution in [0.15, 0.2) is 33.2 Å². The minimum Gasteiger partial charge on any atom is -0.494 e. The third kappa shape index (κ3) is 4.03. The number of rotatable bonds is 4. The number of anilines is 1. The zero-order chi connectivity index (χ0) is 15.6. The minimum absolute atomic E-state index is 0.0120. The Bertz CT molecular complexity index is 636. The smallest absolute Gasteiger partial charge is 0.160 e. The average Bonchev–Trinajstić information content (AvgIpc) is 2.42. The largest absolute Gasteiger partial charge is 0.494 e. The van der Waals surface area contributed by atoms with Crippen molar-refractivity contribution in [2.24, 2.45) is 0 Å². The quantitative estimate of drug-likeness (QED) is 0.546. The predicted molar refractivity (Wildman–Crippen MR) is 92.1 cm³/mol. The fourth-order valence-electron chi connectivity index (χ4n) is 1.77. The molecule has 0 fully saturated rings. The van der Waals surface area contributed by atoms with E-state index < -0.39 is 5.82 Å². The third-order valence-corrected chi connectivity index (χ3v) is 4.47. The van der Waals surface area contributed by atoms with Crippen LogP contribution < -0.4 is 10.1 Å². The molecule has 2 nitrogen and oxygen atoms in total. The lowest BCUT2D eigenvalue weighted by molar-refractivity contribution is 0.409. The molecule has 0 amide bonds. The lowest BCUT2D eigenvalue weighted by Crippen LogP contribution is -2.01. The number of halogens is 5. The normalized spacial score (nSPS) is 10.6. The summed E-state index contributed by atoms with van der Waals surface area (Å²) in [4.78, 5) is 0. The van der Waals surface area contributed by atoms with Crippen LogP contribution in [0.4, 0.5) is 10.1 Å². The van der Waals surface area contributed by atoms with E-state index in [4.69, 9.17) is 27.9 Å². The molecule has 0 aliphatic rings. The Labute approximate surface area is 148 Å². The van der Waals surface area contributed by atoms with Crippen molar-refractivity contribution in [1.82, 2.24) is 0 Å². The van der Waals surface area contributed by atoms with Crippen LogP contribution in [0.3, 0.4) is 0 Å². The Hall–Kier alpha value is -0.490. The molecule has 21 heavy (non-hydrogen) atoms. The van der Waals surface area contributed by atoms with Crippen molar-refractivity contribution < 1.29 is 9.13 Å². The first kappa shape index (κ1) is 16.9. The van der Waals surface area contributed by atoms with Gasteiger partial charge in [0.15, 0.2) is 5.82 Å². The van der Waals surface area contributed by atoms with E-state index >= 15 is 0 Å². The van der Waals surface area contributed by atoms with Gasteiger partial charge in [0.25, 0.3) is 0 Å². The monoisotopic (exact) mass is 455 g/mol. The van der Waals surface area contributed by atoms with Crippen molar-refractivity contribution in [2.75, 3.05) is 12.4 Å². The molecular formula is C14H10Br2Cl2FNO. The van der Waals surface area contributed by atoms with Crippen LogP contribution in [0, 0.1) is 5.82 Å². The second-order valence-corrected chi connectivity index (χ2v) is 6.72. The lowest BCUT2D eigenvalue weighted by Gasteiger charge is -2.11. The van der Waals surface area contributed by atoms with E-state index in [1.54, 1.807) is 7.11 Å².